The zero-order valence-electron chi connectivity index (χ0n) is 17.1. The fourth-order valence-electron chi connectivity index (χ4n) is 2.67. The number of nitrogens with one attached hydrogen (secondary N) is 1. The molecule has 8 heteroatoms. The Labute approximate surface area is 192 Å². The normalized spacial score (nSPS) is 11.8. The predicted octanol–water partition coefficient (Wildman–Crippen LogP) is 5.22. The first-order valence-electron chi connectivity index (χ1n) is 9.57. The molecule has 0 saturated carbocycles. The Hall–Kier alpha value is -1.95. The van der Waals surface area contributed by atoms with Crippen LogP contribution < -0.4 is 10.1 Å². The highest BCUT2D eigenvalue weighted by Crippen LogP contribution is 2.26. The summed E-state index contributed by atoms with van der Waals surface area (Å²) >= 11 is 18.5. The average molecular weight is 472 g/mol. The molecule has 0 radical (unpaired) electrons. The minimum atomic E-state index is -0.744. The van der Waals surface area contributed by atoms with Gasteiger partial charge in [0.2, 0.25) is 5.91 Å². The number of benzene rings is 2. The van der Waals surface area contributed by atoms with Gasteiger partial charge in [-0.3, -0.25) is 9.59 Å². The maximum absolute atomic E-state index is 13.0. The van der Waals surface area contributed by atoms with Crippen LogP contribution in [0.2, 0.25) is 15.1 Å². The summed E-state index contributed by atoms with van der Waals surface area (Å²) in [5.41, 5.74) is 0.570. The van der Waals surface area contributed by atoms with Crippen LogP contribution in [0.3, 0.4) is 0 Å². The van der Waals surface area contributed by atoms with Gasteiger partial charge in [-0.15, -0.1) is 0 Å². The molecule has 2 aromatic rings. The van der Waals surface area contributed by atoms with Crippen LogP contribution in [0.4, 0.5) is 0 Å². The summed E-state index contributed by atoms with van der Waals surface area (Å²) in [6, 6.07) is 11.1. The van der Waals surface area contributed by atoms with Crippen molar-refractivity contribution >= 4 is 46.6 Å². The molecule has 0 fully saturated rings. The van der Waals surface area contributed by atoms with Crippen molar-refractivity contribution in [2.75, 3.05) is 13.2 Å². The van der Waals surface area contributed by atoms with Gasteiger partial charge in [-0.25, -0.2) is 0 Å². The van der Waals surface area contributed by atoms with Crippen LogP contribution >= 0.6 is 34.8 Å². The fourth-order valence-corrected chi connectivity index (χ4v) is 3.37. The van der Waals surface area contributed by atoms with E-state index in [1.54, 1.807) is 49.4 Å². The number of nitrogens with zero attached hydrogens (tertiary/aromatic N) is 1. The number of hydrogen-bond acceptors (Lipinski definition) is 3. The molecule has 0 bridgehead atoms. The molecule has 0 saturated heterocycles. The first kappa shape index (κ1) is 24.3. The second kappa shape index (κ2) is 11.4. The van der Waals surface area contributed by atoms with E-state index in [9.17, 15) is 9.59 Å². The molecule has 0 aromatic heterocycles. The summed E-state index contributed by atoms with van der Waals surface area (Å²) in [6.45, 7) is 5.98. The van der Waals surface area contributed by atoms with Gasteiger partial charge in [0.15, 0.2) is 6.61 Å². The molecular formula is C22H25Cl3N2O3. The second-order valence-corrected chi connectivity index (χ2v) is 8.53. The van der Waals surface area contributed by atoms with E-state index in [1.165, 1.54) is 4.90 Å². The van der Waals surface area contributed by atoms with Crippen LogP contribution in [0, 0.1) is 5.92 Å². The van der Waals surface area contributed by atoms with Gasteiger partial charge in [0.05, 0.1) is 0 Å². The molecule has 1 N–H and O–H groups in total. The topological polar surface area (TPSA) is 58.6 Å². The highest BCUT2D eigenvalue weighted by atomic mass is 35.5. The van der Waals surface area contributed by atoms with E-state index in [-0.39, 0.29) is 30.9 Å². The summed E-state index contributed by atoms with van der Waals surface area (Å²) in [6.07, 6.45) is 0. The van der Waals surface area contributed by atoms with Gasteiger partial charge in [-0.1, -0.05) is 60.8 Å². The Morgan fingerprint density at radius 1 is 1.03 bits per heavy atom. The van der Waals surface area contributed by atoms with Gasteiger partial charge in [0.1, 0.15) is 11.8 Å². The number of halogens is 3. The van der Waals surface area contributed by atoms with Crippen LogP contribution in [-0.2, 0) is 16.1 Å². The smallest absolute Gasteiger partial charge is 0.261 e. The van der Waals surface area contributed by atoms with Crippen molar-refractivity contribution in [1.29, 1.82) is 0 Å². The molecule has 2 aromatic carbocycles. The minimum Gasteiger partial charge on any atom is -0.484 e. The minimum absolute atomic E-state index is 0.0759. The molecule has 0 aliphatic heterocycles. The van der Waals surface area contributed by atoms with E-state index in [0.29, 0.717) is 32.9 Å². The maximum Gasteiger partial charge on any atom is 0.261 e. The van der Waals surface area contributed by atoms with E-state index in [2.05, 4.69) is 5.32 Å². The SMILES string of the molecule is CC(C)CNC(=O)C(C)N(Cc1c(Cl)cccc1Cl)C(=O)COc1cccc(Cl)c1. The Morgan fingerprint density at radius 3 is 2.27 bits per heavy atom. The summed E-state index contributed by atoms with van der Waals surface area (Å²) in [4.78, 5) is 27.1. The summed E-state index contributed by atoms with van der Waals surface area (Å²) in [7, 11) is 0. The zero-order valence-corrected chi connectivity index (χ0v) is 19.4. The average Bonchev–Trinajstić information content (AvgIpc) is 2.69. The van der Waals surface area contributed by atoms with Crippen molar-refractivity contribution in [3.05, 3.63) is 63.1 Å². The number of ether oxygens (including phenoxy) is 1. The molecule has 2 amide bonds. The Kier molecular flexibility index (Phi) is 9.28. The number of rotatable bonds is 9. The standard InChI is InChI=1S/C22H25Cl3N2O3/c1-14(2)11-26-22(29)15(3)27(12-18-19(24)8-5-9-20(18)25)21(28)13-30-17-7-4-6-16(23)10-17/h4-10,14-15H,11-13H2,1-3H3,(H,26,29). The molecule has 2 rings (SSSR count). The Morgan fingerprint density at radius 2 is 1.67 bits per heavy atom. The molecule has 0 spiro atoms. The molecule has 30 heavy (non-hydrogen) atoms. The van der Waals surface area contributed by atoms with Crippen LogP contribution in [0.5, 0.6) is 5.75 Å². The molecular weight excluding hydrogens is 447 g/mol. The lowest BCUT2D eigenvalue weighted by Gasteiger charge is -2.29. The molecule has 1 atom stereocenters. The predicted molar refractivity (Wildman–Crippen MR) is 121 cm³/mol. The summed E-state index contributed by atoms with van der Waals surface area (Å²) in [5.74, 6) is 0.110. The van der Waals surface area contributed by atoms with Gasteiger partial charge < -0.3 is 15.0 Å². The molecule has 1 unspecified atom stereocenters. The van der Waals surface area contributed by atoms with Gasteiger partial charge in [-0.2, -0.15) is 0 Å². The highest BCUT2D eigenvalue weighted by Gasteiger charge is 2.27. The number of amides is 2. The van der Waals surface area contributed by atoms with Crippen molar-refractivity contribution in [3.8, 4) is 5.75 Å². The lowest BCUT2D eigenvalue weighted by molar-refractivity contribution is -0.142. The largest absolute Gasteiger partial charge is 0.484 e. The molecule has 0 aliphatic carbocycles. The number of carbonyl (C=O) groups is 2. The van der Waals surface area contributed by atoms with Gasteiger partial charge >= 0.3 is 0 Å². The van der Waals surface area contributed by atoms with E-state index in [4.69, 9.17) is 39.5 Å². The van der Waals surface area contributed by atoms with Crippen molar-refractivity contribution in [2.24, 2.45) is 5.92 Å². The molecule has 0 aliphatic rings. The van der Waals surface area contributed by atoms with E-state index >= 15 is 0 Å². The lowest BCUT2D eigenvalue weighted by Crippen LogP contribution is -2.49. The fraction of sp³-hybridized carbons (Fsp3) is 0.364. The van der Waals surface area contributed by atoms with Crippen molar-refractivity contribution < 1.29 is 14.3 Å². The third-order valence-corrected chi connectivity index (χ3v) is 5.34. The van der Waals surface area contributed by atoms with Crippen molar-refractivity contribution in [3.63, 3.8) is 0 Å². The number of hydrogen-bond donors (Lipinski definition) is 1. The van der Waals surface area contributed by atoms with Gasteiger partial charge in [0, 0.05) is 33.7 Å². The zero-order chi connectivity index (χ0) is 22.3. The summed E-state index contributed by atoms with van der Waals surface area (Å²) in [5, 5.41) is 4.20. The Balaban J connectivity index is 2.20. The first-order valence-corrected chi connectivity index (χ1v) is 10.7. The van der Waals surface area contributed by atoms with Gasteiger partial charge in [0.25, 0.3) is 5.91 Å². The first-order chi connectivity index (χ1) is 14.2. The Bertz CT molecular complexity index is 869. The van der Waals surface area contributed by atoms with Crippen LogP contribution in [0.1, 0.15) is 26.3 Å². The van der Waals surface area contributed by atoms with E-state index < -0.39 is 6.04 Å². The van der Waals surface area contributed by atoms with Crippen molar-refractivity contribution in [1.82, 2.24) is 10.2 Å². The molecule has 5 nitrogen and oxygen atoms in total. The third kappa shape index (κ3) is 7.08. The van der Waals surface area contributed by atoms with E-state index in [0.717, 1.165) is 0 Å². The van der Waals surface area contributed by atoms with Crippen molar-refractivity contribution in [2.45, 2.75) is 33.4 Å². The monoisotopic (exact) mass is 470 g/mol. The van der Waals surface area contributed by atoms with Crippen LogP contribution in [0.25, 0.3) is 0 Å². The van der Waals surface area contributed by atoms with E-state index in [1.807, 2.05) is 13.8 Å². The number of carbonyl (C=O) groups excluding carboxylic acids is 2. The van der Waals surface area contributed by atoms with Crippen LogP contribution in [0.15, 0.2) is 42.5 Å². The highest BCUT2D eigenvalue weighted by molar-refractivity contribution is 6.36. The lowest BCUT2D eigenvalue weighted by atomic mass is 10.1. The molecule has 0 heterocycles. The maximum atomic E-state index is 13.0. The van der Waals surface area contributed by atoms with Crippen LogP contribution in [-0.4, -0.2) is 35.9 Å². The summed E-state index contributed by atoms with van der Waals surface area (Å²) < 4.78 is 5.58. The third-order valence-electron chi connectivity index (χ3n) is 4.40. The second-order valence-electron chi connectivity index (χ2n) is 7.28. The molecule has 162 valence electrons. The van der Waals surface area contributed by atoms with Gasteiger partial charge in [-0.05, 0) is 43.2 Å². The quantitative estimate of drug-likeness (QED) is 0.546.